The molecule has 7 heteroatoms. The number of fused-ring (bicyclic) bond motifs is 1. The van der Waals surface area contributed by atoms with Crippen molar-refractivity contribution in [3.63, 3.8) is 0 Å². The highest BCUT2D eigenvalue weighted by atomic mass is 35.5. The zero-order valence-electron chi connectivity index (χ0n) is 9.28. The molecule has 3 nitrogen and oxygen atoms in total. The second-order valence-electron chi connectivity index (χ2n) is 3.93. The van der Waals surface area contributed by atoms with Gasteiger partial charge >= 0.3 is 6.18 Å². The van der Waals surface area contributed by atoms with Gasteiger partial charge in [0.2, 0.25) is 0 Å². The van der Waals surface area contributed by atoms with Crippen molar-refractivity contribution in [3.05, 3.63) is 47.8 Å². The fourth-order valence-electron chi connectivity index (χ4n) is 1.85. The summed E-state index contributed by atoms with van der Waals surface area (Å²) in [6.07, 6.45) is 0.931. The summed E-state index contributed by atoms with van der Waals surface area (Å²) < 4.78 is 45.2. The van der Waals surface area contributed by atoms with Gasteiger partial charge in [-0.1, -0.05) is 11.6 Å². The molecule has 98 valence electrons. The van der Waals surface area contributed by atoms with Gasteiger partial charge in [-0.3, -0.25) is 4.40 Å². The molecule has 0 bridgehead atoms. The first-order valence-corrected chi connectivity index (χ1v) is 5.61. The van der Waals surface area contributed by atoms with Gasteiger partial charge < -0.3 is 4.42 Å². The Hall–Kier alpha value is -1.95. The summed E-state index contributed by atoms with van der Waals surface area (Å²) in [4.78, 5) is 3.69. The molecule has 0 amide bonds. The minimum atomic E-state index is -4.50. The highest BCUT2D eigenvalue weighted by Gasteiger charge is 2.34. The van der Waals surface area contributed by atoms with Crippen molar-refractivity contribution in [1.82, 2.24) is 9.38 Å². The molecule has 19 heavy (non-hydrogen) atoms. The maximum absolute atomic E-state index is 13.0. The number of furan rings is 1. The van der Waals surface area contributed by atoms with Crippen LogP contribution in [0.4, 0.5) is 13.2 Å². The summed E-state index contributed by atoms with van der Waals surface area (Å²) >= 11 is 5.84. The predicted octanol–water partition coefficient (Wildman–Crippen LogP) is 4.27. The van der Waals surface area contributed by atoms with Gasteiger partial charge in [-0.2, -0.15) is 13.2 Å². The van der Waals surface area contributed by atoms with Crippen LogP contribution in [0.15, 0.2) is 41.5 Å². The second kappa shape index (κ2) is 4.03. The largest absolute Gasteiger partial charge is 0.472 e. The molecule has 0 fully saturated rings. The highest BCUT2D eigenvalue weighted by molar-refractivity contribution is 6.29. The van der Waals surface area contributed by atoms with Crippen molar-refractivity contribution in [1.29, 1.82) is 0 Å². The van der Waals surface area contributed by atoms with E-state index < -0.39 is 11.7 Å². The molecule has 0 aliphatic carbocycles. The Balaban J connectivity index is 2.35. The number of pyridine rings is 1. The molecule has 0 spiro atoms. The molecule has 3 aromatic rings. The van der Waals surface area contributed by atoms with Crippen LogP contribution in [0.1, 0.15) is 5.56 Å². The van der Waals surface area contributed by atoms with Gasteiger partial charge in [0.05, 0.1) is 24.3 Å². The van der Waals surface area contributed by atoms with E-state index in [1.54, 1.807) is 6.07 Å². The molecule has 0 unspecified atom stereocenters. The molecule has 3 rings (SSSR count). The van der Waals surface area contributed by atoms with Crippen LogP contribution in [0.25, 0.3) is 16.8 Å². The molecule has 3 aromatic heterocycles. The Kier molecular flexibility index (Phi) is 2.56. The third-order valence-electron chi connectivity index (χ3n) is 2.72. The van der Waals surface area contributed by atoms with Gasteiger partial charge in [-0.05, 0) is 12.1 Å². The maximum atomic E-state index is 13.0. The van der Waals surface area contributed by atoms with Crippen molar-refractivity contribution in [2.24, 2.45) is 0 Å². The molecule has 0 aromatic carbocycles. The zero-order valence-corrected chi connectivity index (χ0v) is 10.0. The summed E-state index contributed by atoms with van der Waals surface area (Å²) in [6.45, 7) is 0. The van der Waals surface area contributed by atoms with Crippen LogP contribution in [0.5, 0.6) is 0 Å². The van der Waals surface area contributed by atoms with Crippen molar-refractivity contribution in [2.45, 2.75) is 6.18 Å². The molecule has 0 radical (unpaired) electrons. The molecule has 0 N–H and O–H groups in total. The minimum absolute atomic E-state index is 0.117. The van der Waals surface area contributed by atoms with Crippen LogP contribution >= 0.6 is 11.6 Å². The topological polar surface area (TPSA) is 30.4 Å². The van der Waals surface area contributed by atoms with E-state index in [-0.39, 0.29) is 10.8 Å². The van der Waals surface area contributed by atoms with Crippen molar-refractivity contribution in [2.75, 3.05) is 0 Å². The molecule has 0 saturated carbocycles. The lowest BCUT2D eigenvalue weighted by Crippen LogP contribution is -2.08. The van der Waals surface area contributed by atoms with Gasteiger partial charge in [0.25, 0.3) is 0 Å². The van der Waals surface area contributed by atoms with Crippen LogP contribution in [0.3, 0.4) is 0 Å². The Labute approximate surface area is 110 Å². The monoisotopic (exact) mass is 286 g/mol. The van der Waals surface area contributed by atoms with Crippen molar-refractivity contribution < 1.29 is 17.6 Å². The maximum Gasteiger partial charge on any atom is 0.420 e. The molecule has 3 heterocycles. The van der Waals surface area contributed by atoms with Gasteiger partial charge in [-0.15, -0.1) is 0 Å². The molecular formula is C12H6ClF3N2O. The first kappa shape index (κ1) is 12.1. The SMILES string of the molecule is FC(F)(F)c1cc(-c2ccoc2)cn2c(Cl)cnc12. The average molecular weight is 287 g/mol. The Morgan fingerprint density at radius 1 is 1.26 bits per heavy atom. The van der Waals surface area contributed by atoms with E-state index in [2.05, 4.69) is 4.98 Å². The minimum Gasteiger partial charge on any atom is -0.472 e. The number of nitrogens with zero attached hydrogens (tertiary/aromatic N) is 2. The standard InChI is InChI=1S/C12H6ClF3N2O/c13-10-4-17-11-9(12(14,15)16)3-8(5-18(10)11)7-1-2-19-6-7/h1-6H. The smallest absolute Gasteiger partial charge is 0.420 e. The van der Waals surface area contributed by atoms with Crippen molar-refractivity contribution in [3.8, 4) is 11.1 Å². The fraction of sp³-hybridized carbons (Fsp3) is 0.0833. The average Bonchev–Trinajstić information content (AvgIpc) is 2.97. The van der Waals surface area contributed by atoms with Crippen LogP contribution in [0, 0.1) is 0 Å². The zero-order chi connectivity index (χ0) is 13.6. The Morgan fingerprint density at radius 3 is 2.68 bits per heavy atom. The number of hydrogen-bond donors (Lipinski definition) is 0. The van der Waals surface area contributed by atoms with E-state index >= 15 is 0 Å². The number of halogens is 4. The number of alkyl halides is 3. The van der Waals surface area contributed by atoms with E-state index in [1.165, 1.54) is 29.3 Å². The number of rotatable bonds is 1. The number of aromatic nitrogens is 2. The summed E-state index contributed by atoms with van der Waals surface area (Å²) in [6, 6.07) is 2.61. The lowest BCUT2D eigenvalue weighted by molar-refractivity contribution is -0.136. The molecule has 0 aliphatic rings. The summed E-state index contributed by atoms with van der Waals surface area (Å²) in [5, 5.41) is 0.117. The fourth-order valence-corrected chi connectivity index (χ4v) is 2.03. The first-order chi connectivity index (χ1) is 8.97. The Morgan fingerprint density at radius 2 is 2.05 bits per heavy atom. The van der Waals surface area contributed by atoms with Gasteiger partial charge in [0, 0.05) is 17.3 Å². The van der Waals surface area contributed by atoms with E-state index in [4.69, 9.17) is 16.0 Å². The van der Waals surface area contributed by atoms with E-state index in [1.807, 2.05) is 0 Å². The molecule has 0 atom stereocenters. The quantitative estimate of drug-likeness (QED) is 0.669. The molecule has 0 saturated heterocycles. The number of imidazole rings is 1. The van der Waals surface area contributed by atoms with E-state index in [9.17, 15) is 13.2 Å². The summed E-state index contributed by atoms with van der Waals surface area (Å²) in [5.74, 6) is 0. The van der Waals surface area contributed by atoms with E-state index in [0.29, 0.717) is 11.1 Å². The van der Waals surface area contributed by atoms with Gasteiger partial charge in [-0.25, -0.2) is 4.98 Å². The first-order valence-electron chi connectivity index (χ1n) is 5.23. The predicted molar refractivity (Wildman–Crippen MR) is 62.9 cm³/mol. The summed E-state index contributed by atoms with van der Waals surface area (Å²) in [5.41, 5.74) is -0.159. The highest BCUT2D eigenvalue weighted by Crippen LogP contribution is 2.36. The number of hydrogen-bond acceptors (Lipinski definition) is 2. The lowest BCUT2D eigenvalue weighted by Gasteiger charge is -2.10. The lowest BCUT2D eigenvalue weighted by atomic mass is 10.1. The second-order valence-corrected chi connectivity index (χ2v) is 4.31. The third-order valence-corrected chi connectivity index (χ3v) is 3.00. The van der Waals surface area contributed by atoms with Crippen molar-refractivity contribution >= 4 is 17.2 Å². The Bertz CT molecular complexity index is 731. The van der Waals surface area contributed by atoms with Crippen LogP contribution in [-0.4, -0.2) is 9.38 Å². The summed E-state index contributed by atoms with van der Waals surface area (Å²) in [7, 11) is 0. The van der Waals surface area contributed by atoms with Gasteiger partial charge in [0.15, 0.2) is 0 Å². The third kappa shape index (κ3) is 1.98. The molecule has 0 aliphatic heterocycles. The van der Waals surface area contributed by atoms with Crippen LogP contribution in [-0.2, 0) is 6.18 Å². The normalized spacial score (nSPS) is 12.2. The van der Waals surface area contributed by atoms with Crippen LogP contribution < -0.4 is 0 Å². The molecular weight excluding hydrogens is 281 g/mol. The van der Waals surface area contributed by atoms with Crippen LogP contribution in [0.2, 0.25) is 5.15 Å². The van der Waals surface area contributed by atoms with Gasteiger partial charge in [0.1, 0.15) is 10.8 Å². The van der Waals surface area contributed by atoms with E-state index in [0.717, 1.165) is 6.07 Å².